The number of thiophene rings is 1. The molecule has 0 spiro atoms. The number of rotatable bonds is 5. The zero-order chi connectivity index (χ0) is 12.3. The fourth-order valence-electron chi connectivity index (χ4n) is 1.87. The van der Waals surface area contributed by atoms with Crippen LogP contribution in [0.4, 0.5) is 5.82 Å². The van der Waals surface area contributed by atoms with Gasteiger partial charge in [0.15, 0.2) is 0 Å². The van der Waals surface area contributed by atoms with E-state index < -0.39 is 0 Å². The summed E-state index contributed by atoms with van der Waals surface area (Å²) in [7, 11) is 4.07. The number of nitrogens with one attached hydrogen (secondary N) is 1. The van der Waals surface area contributed by atoms with Gasteiger partial charge < -0.3 is 10.2 Å². The molecule has 92 valence electrons. The van der Waals surface area contributed by atoms with Gasteiger partial charge in [0.1, 0.15) is 17.0 Å². The zero-order valence-electron chi connectivity index (χ0n) is 10.5. The van der Waals surface area contributed by atoms with E-state index in [4.69, 9.17) is 0 Å². The summed E-state index contributed by atoms with van der Waals surface area (Å²) in [6.07, 6.45) is 2.77. The lowest BCUT2D eigenvalue weighted by molar-refractivity contribution is 0.710. The number of aryl methyl sites for hydroxylation is 1. The summed E-state index contributed by atoms with van der Waals surface area (Å²) in [5, 5.41) is 4.33. The summed E-state index contributed by atoms with van der Waals surface area (Å²) in [4.78, 5) is 13.3. The van der Waals surface area contributed by atoms with Crippen LogP contribution in [0.25, 0.3) is 10.2 Å². The van der Waals surface area contributed by atoms with E-state index in [1.54, 1.807) is 17.7 Å². The van der Waals surface area contributed by atoms with Crippen LogP contribution in [0.1, 0.15) is 11.3 Å². The van der Waals surface area contributed by atoms with E-state index in [-0.39, 0.29) is 0 Å². The lowest BCUT2D eigenvalue weighted by atomic mass is 10.3. The van der Waals surface area contributed by atoms with E-state index in [1.165, 1.54) is 10.3 Å². The van der Waals surface area contributed by atoms with Crippen molar-refractivity contribution in [3.63, 3.8) is 0 Å². The summed E-state index contributed by atoms with van der Waals surface area (Å²) < 4.78 is 0. The van der Waals surface area contributed by atoms with Gasteiger partial charge in [-0.1, -0.05) is 0 Å². The minimum atomic E-state index is 1.00. The molecule has 0 atom stereocenters. The van der Waals surface area contributed by atoms with Gasteiger partial charge >= 0.3 is 0 Å². The van der Waals surface area contributed by atoms with Crippen molar-refractivity contribution >= 4 is 27.4 Å². The maximum Gasteiger partial charge on any atom is 0.140 e. The number of fused-ring (bicyclic) bond motifs is 1. The first-order valence-corrected chi connectivity index (χ1v) is 6.61. The van der Waals surface area contributed by atoms with Crippen molar-refractivity contribution in [3.8, 4) is 0 Å². The second-order valence-electron chi connectivity index (χ2n) is 4.15. The molecule has 0 aliphatic heterocycles. The van der Waals surface area contributed by atoms with Crippen LogP contribution in [0.2, 0.25) is 0 Å². The third kappa shape index (κ3) is 2.73. The van der Waals surface area contributed by atoms with Crippen LogP contribution in [0.5, 0.6) is 0 Å². The molecular weight excluding hydrogens is 232 g/mol. The SMILES string of the molecule is CNCCCN(C)c1ncnc2sc(C)cc12. The Balaban J connectivity index is 2.22. The van der Waals surface area contributed by atoms with Crippen molar-refractivity contribution in [1.29, 1.82) is 0 Å². The van der Waals surface area contributed by atoms with Gasteiger partial charge in [-0.15, -0.1) is 11.3 Å². The minimum Gasteiger partial charge on any atom is -0.359 e. The maximum atomic E-state index is 4.40. The molecule has 17 heavy (non-hydrogen) atoms. The number of hydrogen-bond donors (Lipinski definition) is 1. The Hall–Kier alpha value is -1.20. The van der Waals surface area contributed by atoms with E-state index >= 15 is 0 Å². The quantitative estimate of drug-likeness (QED) is 0.825. The Morgan fingerprint density at radius 2 is 2.24 bits per heavy atom. The molecule has 4 nitrogen and oxygen atoms in total. The molecular formula is C12H18N4S. The van der Waals surface area contributed by atoms with Crippen LogP contribution < -0.4 is 10.2 Å². The monoisotopic (exact) mass is 250 g/mol. The number of nitrogens with zero attached hydrogens (tertiary/aromatic N) is 3. The van der Waals surface area contributed by atoms with Crippen molar-refractivity contribution < 1.29 is 0 Å². The van der Waals surface area contributed by atoms with Gasteiger partial charge in [0.2, 0.25) is 0 Å². The van der Waals surface area contributed by atoms with Crippen LogP contribution >= 0.6 is 11.3 Å². The Morgan fingerprint density at radius 1 is 1.41 bits per heavy atom. The second-order valence-corrected chi connectivity index (χ2v) is 5.39. The van der Waals surface area contributed by atoms with Crippen molar-refractivity contribution in [2.45, 2.75) is 13.3 Å². The lowest BCUT2D eigenvalue weighted by Gasteiger charge is -2.18. The van der Waals surface area contributed by atoms with Crippen LogP contribution in [0, 0.1) is 6.92 Å². The Kier molecular flexibility index (Phi) is 3.91. The molecule has 0 bridgehead atoms. The molecule has 0 saturated carbocycles. The number of anilines is 1. The van der Waals surface area contributed by atoms with Gasteiger partial charge in [-0.05, 0) is 33.0 Å². The predicted molar refractivity (Wildman–Crippen MR) is 74.0 cm³/mol. The Morgan fingerprint density at radius 3 is 3.00 bits per heavy atom. The van der Waals surface area contributed by atoms with E-state index in [1.807, 2.05) is 7.05 Å². The zero-order valence-corrected chi connectivity index (χ0v) is 11.3. The molecule has 0 aliphatic rings. The molecule has 5 heteroatoms. The molecule has 0 saturated heterocycles. The second kappa shape index (κ2) is 5.42. The van der Waals surface area contributed by atoms with Crippen LogP contribution in [0.15, 0.2) is 12.4 Å². The lowest BCUT2D eigenvalue weighted by Crippen LogP contribution is -2.23. The molecule has 0 unspecified atom stereocenters. The summed E-state index contributed by atoms with van der Waals surface area (Å²) in [5.41, 5.74) is 0. The van der Waals surface area contributed by atoms with Gasteiger partial charge in [-0.2, -0.15) is 0 Å². The molecule has 0 fully saturated rings. The summed E-state index contributed by atoms with van der Waals surface area (Å²) in [6.45, 7) is 4.14. The normalized spacial score (nSPS) is 11.0. The van der Waals surface area contributed by atoms with Gasteiger partial charge in [-0.3, -0.25) is 0 Å². The average Bonchev–Trinajstić information content (AvgIpc) is 2.69. The first-order valence-electron chi connectivity index (χ1n) is 5.79. The van der Waals surface area contributed by atoms with Crippen molar-refractivity contribution in [2.24, 2.45) is 0 Å². The molecule has 0 amide bonds. The van der Waals surface area contributed by atoms with Crippen molar-refractivity contribution in [2.75, 3.05) is 32.1 Å². The van der Waals surface area contributed by atoms with E-state index in [0.717, 1.165) is 30.2 Å². The highest BCUT2D eigenvalue weighted by atomic mass is 32.1. The Bertz CT molecular complexity index is 494. The Labute approximate surface area is 106 Å². The predicted octanol–water partition coefficient (Wildman–Crippen LogP) is 2.05. The standard InChI is InChI=1S/C12H18N4S/c1-9-7-10-11(14-8-15-12(10)17-9)16(3)6-4-5-13-2/h7-8,13H,4-6H2,1-3H3. The highest BCUT2D eigenvalue weighted by molar-refractivity contribution is 7.18. The first kappa shape index (κ1) is 12.3. The number of aromatic nitrogens is 2. The molecule has 2 rings (SSSR count). The average molecular weight is 250 g/mol. The smallest absolute Gasteiger partial charge is 0.140 e. The largest absolute Gasteiger partial charge is 0.359 e. The summed E-state index contributed by atoms with van der Waals surface area (Å²) in [5.74, 6) is 1.04. The number of hydrogen-bond acceptors (Lipinski definition) is 5. The van der Waals surface area contributed by atoms with E-state index in [9.17, 15) is 0 Å². The fourth-order valence-corrected chi connectivity index (χ4v) is 2.71. The highest BCUT2D eigenvalue weighted by Crippen LogP contribution is 2.29. The molecule has 2 aromatic rings. The third-order valence-electron chi connectivity index (χ3n) is 2.71. The van der Waals surface area contributed by atoms with E-state index in [2.05, 4.69) is 40.2 Å². The van der Waals surface area contributed by atoms with E-state index in [0.29, 0.717) is 0 Å². The molecule has 0 aliphatic carbocycles. The van der Waals surface area contributed by atoms with Crippen LogP contribution in [-0.2, 0) is 0 Å². The fraction of sp³-hybridized carbons (Fsp3) is 0.500. The molecule has 0 aromatic carbocycles. The van der Waals surface area contributed by atoms with Gasteiger partial charge in [0.05, 0.1) is 5.39 Å². The van der Waals surface area contributed by atoms with Crippen molar-refractivity contribution in [3.05, 3.63) is 17.3 Å². The summed E-state index contributed by atoms with van der Waals surface area (Å²) >= 11 is 1.72. The molecule has 0 radical (unpaired) electrons. The van der Waals surface area contributed by atoms with Gasteiger partial charge in [0.25, 0.3) is 0 Å². The first-order chi connectivity index (χ1) is 8.22. The molecule has 2 heterocycles. The summed E-state index contributed by atoms with van der Waals surface area (Å²) in [6, 6.07) is 2.17. The minimum absolute atomic E-state index is 1.00. The van der Waals surface area contributed by atoms with Crippen molar-refractivity contribution in [1.82, 2.24) is 15.3 Å². The maximum absolute atomic E-state index is 4.40. The van der Waals surface area contributed by atoms with Crippen LogP contribution in [-0.4, -0.2) is 37.2 Å². The van der Waals surface area contributed by atoms with Crippen LogP contribution in [0.3, 0.4) is 0 Å². The van der Waals surface area contributed by atoms with Gasteiger partial charge in [0, 0.05) is 18.5 Å². The highest BCUT2D eigenvalue weighted by Gasteiger charge is 2.10. The molecule has 1 N–H and O–H groups in total. The topological polar surface area (TPSA) is 41.0 Å². The third-order valence-corrected chi connectivity index (χ3v) is 3.67. The molecule has 2 aromatic heterocycles. The van der Waals surface area contributed by atoms with Gasteiger partial charge in [-0.25, -0.2) is 9.97 Å².